The summed E-state index contributed by atoms with van der Waals surface area (Å²) < 4.78 is 26.6. The average Bonchev–Trinajstić information content (AvgIpc) is 3.26. The molecule has 63 heavy (non-hydrogen) atoms. The predicted octanol–water partition coefficient (Wildman–Crippen LogP) is 17.9. The van der Waals surface area contributed by atoms with Crippen LogP contribution in [-0.2, 0) is 28.2 Å². The SMILES string of the molecule is CCCCCCCCCCCCCCCCCCCCCCCCCC(=O)OC(COC(=O)CCCCCCCCCCCCCCCCCCCCCCCC)COP(=O)(O)O. The van der Waals surface area contributed by atoms with Crippen molar-refractivity contribution in [2.75, 3.05) is 13.2 Å². The Kier molecular flexibility index (Phi) is 49.7. The van der Waals surface area contributed by atoms with E-state index < -0.39 is 32.5 Å². The quantitative estimate of drug-likeness (QED) is 0.0352. The van der Waals surface area contributed by atoms with Crippen LogP contribution in [-0.4, -0.2) is 41.0 Å². The van der Waals surface area contributed by atoms with Crippen LogP contribution in [0.2, 0.25) is 0 Å². The molecule has 0 aromatic heterocycles. The van der Waals surface area contributed by atoms with Crippen molar-refractivity contribution in [2.45, 2.75) is 322 Å². The Bertz CT molecular complexity index is 987. The van der Waals surface area contributed by atoms with E-state index in [1.54, 1.807) is 0 Å². The monoisotopic (exact) mass is 915 g/mol. The van der Waals surface area contributed by atoms with Gasteiger partial charge >= 0.3 is 19.8 Å². The van der Waals surface area contributed by atoms with Crippen molar-refractivity contribution < 1.29 is 37.9 Å². The Balaban J connectivity index is 3.71. The molecular weight excluding hydrogens is 808 g/mol. The standard InChI is InChI=1S/C54H107O8P/c1-3-5-7-9-11-13-15-17-19-21-23-25-27-29-31-33-35-37-39-41-43-45-47-49-54(56)62-52(51-61-63(57,58)59)50-60-53(55)48-46-44-42-40-38-36-34-32-30-28-26-24-22-20-18-16-14-12-10-8-6-4-2/h52H,3-51H2,1-2H3,(H2,57,58,59). The number of hydrogen-bond donors (Lipinski definition) is 2. The minimum Gasteiger partial charge on any atom is -0.462 e. The third-order valence-electron chi connectivity index (χ3n) is 12.9. The second-order valence-electron chi connectivity index (χ2n) is 19.3. The molecule has 0 amide bonds. The van der Waals surface area contributed by atoms with Gasteiger partial charge in [-0.1, -0.05) is 290 Å². The highest BCUT2D eigenvalue weighted by atomic mass is 31.2. The number of esters is 2. The van der Waals surface area contributed by atoms with Crippen molar-refractivity contribution >= 4 is 19.8 Å². The van der Waals surface area contributed by atoms with E-state index in [2.05, 4.69) is 18.4 Å². The third kappa shape index (κ3) is 53.5. The lowest BCUT2D eigenvalue weighted by Crippen LogP contribution is -2.29. The second kappa shape index (κ2) is 50.5. The molecule has 0 aliphatic heterocycles. The maximum Gasteiger partial charge on any atom is 0.469 e. The summed E-state index contributed by atoms with van der Waals surface area (Å²) in [5.41, 5.74) is 0. The first-order valence-corrected chi connectivity index (χ1v) is 29.4. The van der Waals surface area contributed by atoms with E-state index in [0.717, 1.165) is 32.1 Å². The number of unbranched alkanes of at least 4 members (excludes halogenated alkanes) is 43. The molecule has 8 nitrogen and oxygen atoms in total. The lowest BCUT2D eigenvalue weighted by Gasteiger charge is -2.18. The number of hydrogen-bond acceptors (Lipinski definition) is 6. The lowest BCUT2D eigenvalue weighted by molar-refractivity contribution is -0.161. The van der Waals surface area contributed by atoms with Gasteiger partial charge < -0.3 is 19.3 Å². The fourth-order valence-corrected chi connectivity index (χ4v) is 9.09. The molecule has 0 aliphatic rings. The minimum absolute atomic E-state index is 0.221. The molecule has 0 fully saturated rings. The number of carbonyl (C=O) groups is 2. The predicted molar refractivity (Wildman–Crippen MR) is 267 cm³/mol. The van der Waals surface area contributed by atoms with Crippen LogP contribution in [0.25, 0.3) is 0 Å². The van der Waals surface area contributed by atoms with E-state index in [4.69, 9.17) is 19.3 Å². The Morgan fingerprint density at radius 1 is 0.349 bits per heavy atom. The third-order valence-corrected chi connectivity index (χ3v) is 13.4. The second-order valence-corrected chi connectivity index (χ2v) is 20.5. The van der Waals surface area contributed by atoms with Crippen molar-refractivity contribution in [3.63, 3.8) is 0 Å². The maximum absolute atomic E-state index is 12.5. The molecule has 1 unspecified atom stereocenters. The molecule has 0 radical (unpaired) electrons. The number of phosphoric ester groups is 1. The fraction of sp³-hybridized carbons (Fsp3) is 0.963. The molecule has 0 rings (SSSR count). The molecule has 0 aromatic rings. The van der Waals surface area contributed by atoms with Crippen molar-refractivity contribution in [1.82, 2.24) is 0 Å². The number of phosphoric acid groups is 1. The molecule has 9 heteroatoms. The van der Waals surface area contributed by atoms with Crippen LogP contribution in [0.1, 0.15) is 316 Å². The van der Waals surface area contributed by atoms with Crippen molar-refractivity contribution in [1.29, 1.82) is 0 Å². The summed E-state index contributed by atoms with van der Waals surface area (Å²) in [6, 6.07) is 0. The van der Waals surface area contributed by atoms with E-state index in [-0.39, 0.29) is 19.4 Å². The zero-order valence-corrected chi connectivity index (χ0v) is 42.9. The Hall–Kier alpha value is -0.950. The highest BCUT2D eigenvalue weighted by Crippen LogP contribution is 2.36. The van der Waals surface area contributed by atoms with Gasteiger partial charge in [0.05, 0.1) is 6.61 Å². The summed E-state index contributed by atoms with van der Waals surface area (Å²) in [7, 11) is -4.76. The smallest absolute Gasteiger partial charge is 0.462 e. The van der Waals surface area contributed by atoms with Crippen LogP contribution < -0.4 is 0 Å². The summed E-state index contributed by atoms with van der Waals surface area (Å²) in [6.07, 6.45) is 58.5. The van der Waals surface area contributed by atoms with Gasteiger partial charge in [-0.25, -0.2) is 4.57 Å². The van der Waals surface area contributed by atoms with Gasteiger partial charge in [0.25, 0.3) is 0 Å². The van der Waals surface area contributed by atoms with Gasteiger partial charge in [-0.15, -0.1) is 0 Å². The zero-order chi connectivity index (χ0) is 46.0. The molecule has 1 atom stereocenters. The van der Waals surface area contributed by atoms with Crippen LogP contribution in [0.5, 0.6) is 0 Å². The first-order valence-electron chi connectivity index (χ1n) is 27.8. The van der Waals surface area contributed by atoms with Crippen LogP contribution in [0.15, 0.2) is 0 Å². The normalized spacial score (nSPS) is 12.3. The topological polar surface area (TPSA) is 119 Å². The maximum atomic E-state index is 12.5. The number of rotatable bonds is 53. The van der Waals surface area contributed by atoms with Gasteiger partial charge in [0.15, 0.2) is 6.10 Å². The number of ether oxygens (including phenoxy) is 2. The molecule has 0 aromatic carbocycles. The van der Waals surface area contributed by atoms with Crippen LogP contribution in [0.4, 0.5) is 0 Å². The largest absolute Gasteiger partial charge is 0.469 e. The lowest BCUT2D eigenvalue weighted by atomic mass is 10.0. The van der Waals surface area contributed by atoms with Crippen molar-refractivity contribution in [2.24, 2.45) is 0 Å². The Morgan fingerprint density at radius 2 is 0.571 bits per heavy atom. The molecule has 376 valence electrons. The van der Waals surface area contributed by atoms with E-state index in [1.165, 1.54) is 250 Å². The van der Waals surface area contributed by atoms with E-state index in [0.29, 0.717) is 6.42 Å². The molecule has 0 spiro atoms. The number of carbonyl (C=O) groups excluding carboxylic acids is 2. The molecule has 2 N–H and O–H groups in total. The van der Waals surface area contributed by atoms with E-state index in [9.17, 15) is 14.2 Å². The highest BCUT2D eigenvalue weighted by molar-refractivity contribution is 7.46. The summed E-state index contributed by atoms with van der Waals surface area (Å²) in [5, 5.41) is 0. The van der Waals surface area contributed by atoms with Gasteiger partial charge in [-0.2, -0.15) is 0 Å². The molecular formula is C54H107O8P. The zero-order valence-electron chi connectivity index (χ0n) is 42.0. The molecule has 0 saturated heterocycles. The van der Waals surface area contributed by atoms with Gasteiger partial charge in [-0.3, -0.25) is 14.1 Å². The van der Waals surface area contributed by atoms with Gasteiger partial charge in [-0.05, 0) is 12.8 Å². The van der Waals surface area contributed by atoms with Gasteiger partial charge in [0.1, 0.15) is 6.61 Å². The molecule has 0 bridgehead atoms. The van der Waals surface area contributed by atoms with Crippen molar-refractivity contribution in [3.8, 4) is 0 Å². The summed E-state index contributed by atoms with van der Waals surface area (Å²) in [6.45, 7) is 3.77. The Morgan fingerprint density at radius 3 is 0.810 bits per heavy atom. The first kappa shape index (κ1) is 62.1. The van der Waals surface area contributed by atoms with E-state index >= 15 is 0 Å². The van der Waals surface area contributed by atoms with Crippen LogP contribution >= 0.6 is 7.82 Å². The van der Waals surface area contributed by atoms with Crippen molar-refractivity contribution in [3.05, 3.63) is 0 Å². The highest BCUT2D eigenvalue weighted by Gasteiger charge is 2.23. The van der Waals surface area contributed by atoms with Gasteiger partial charge in [0.2, 0.25) is 0 Å². The van der Waals surface area contributed by atoms with Gasteiger partial charge in [0, 0.05) is 12.8 Å². The molecule has 0 saturated carbocycles. The summed E-state index contributed by atoms with van der Waals surface area (Å²) >= 11 is 0. The summed E-state index contributed by atoms with van der Waals surface area (Å²) in [5.74, 6) is -0.858. The average molecular weight is 915 g/mol. The molecule has 0 heterocycles. The Labute approximate surface area is 391 Å². The van der Waals surface area contributed by atoms with Crippen LogP contribution in [0.3, 0.4) is 0 Å². The first-order chi connectivity index (χ1) is 30.8. The van der Waals surface area contributed by atoms with Crippen LogP contribution in [0, 0.1) is 0 Å². The summed E-state index contributed by atoms with van der Waals surface area (Å²) in [4.78, 5) is 43.2. The van der Waals surface area contributed by atoms with E-state index in [1.807, 2.05) is 0 Å². The minimum atomic E-state index is -4.76. The molecule has 0 aliphatic carbocycles. The fourth-order valence-electron chi connectivity index (χ4n) is 8.73.